The maximum absolute atomic E-state index is 13.5. The third-order valence-corrected chi connectivity index (χ3v) is 6.64. The van der Waals surface area contributed by atoms with Crippen LogP contribution in [-0.2, 0) is 9.59 Å². The Balaban J connectivity index is 1.49. The standard InChI is InChI=1S/C25H24ClFN2O7/c1-14(30)28-12-16-11-18(22(24(31)32)20(13-28)29(16)25(33)34)15-5-7-17(8-6-15)35-9-10-36-21-4-2-3-19(27)23(21)26/h2-8,16,20H,9-13H2,1H3,(H,31,32)(H,33,34). The summed E-state index contributed by atoms with van der Waals surface area (Å²) in [4.78, 5) is 38.7. The van der Waals surface area contributed by atoms with Crippen LogP contribution in [0.4, 0.5) is 9.18 Å². The van der Waals surface area contributed by atoms with E-state index in [2.05, 4.69) is 0 Å². The van der Waals surface area contributed by atoms with E-state index in [1.54, 1.807) is 30.3 Å². The normalized spacial score (nSPS) is 19.2. The van der Waals surface area contributed by atoms with Crippen LogP contribution in [0.3, 0.4) is 0 Å². The maximum Gasteiger partial charge on any atom is 0.408 e. The average Bonchev–Trinajstić information content (AvgIpc) is 2.83. The van der Waals surface area contributed by atoms with Gasteiger partial charge in [-0.2, -0.15) is 0 Å². The van der Waals surface area contributed by atoms with Gasteiger partial charge >= 0.3 is 12.1 Å². The summed E-state index contributed by atoms with van der Waals surface area (Å²) >= 11 is 5.86. The van der Waals surface area contributed by atoms with Gasteiger partial charge in [0.2, 0.25) is 5.91 Å². The molecule has 2 amide bonds. The van der Waals surface area contributed by atoms with Crippen LogP contribution in [0.1, 0.15) is 18.9 Å². The summed E-state index contributed by atoms with van der Waals surface area (Å²) in [6, 6.07) is 9.55. The number of piperazine rings is 1. The summed E-state index contributed by atoms with van der Waals surface area (Å²) in [6.07, 6.45) is -1.05. The van der Waals surface area contributed by atoms with Crippen molar-refractivity contribution in [3.8, 4) is 11.5 Å². The van der Waals surface area contributed by atoms with Crippen LogP contribution >= 0.6 is 11.6 Å². The molecule has 0 aliphatic carbocycles. The zero-order chi connectivity index (χ0) is 26.0. The molecule has 0 saturated carbocycles. The molecule has 2 atom stereocenters. The van der Waals surface area contributed by atoms with E-state index in [4.69, 9.17) is 21.1 Å². The van der Waals surface area contributed by atoms with Crippen molar-refractivity contribution in [2.75, 3.05) is 26.3 Å². The number of carbonyl (C=O) groups is 3. The number of carboxylic acid groups (broad SMARTS) is 2. The molecule has 9 nitrogen and oxygen atoms in total. The molecule has 1 fully saturated rings. The summed E-state index contributed by atoms with van der Waals surface area (Å²) in [7, 11) is 0. The van der Waals surface area contributed by atoms with Gasteiger partial charge in [0, 0.05) is 20.0 Å². The molecule has 0 aromatic heterocycles. The van der Waals surface area contributed by atoms with Gasteiger partial charge in [0.15, 0.2) is 0 Å². The number of ether oxygens (including phenoxy) is 2. The Morgan fingerprint density at radius 1 is 1.06 bits per heavy atom. The highest BCUT2D eigenvalue weighted by Crippen LogP contribution is 2.39. The van der Waals surface area contributed by atoms with Crippen molar-refractivity contribution in [1.82, 2.24) is 9.80 Å². The molecule has 2 bridgehead atoms. The van der Waals surface area contributed by atoms with Crippen LogP contribution in [0.25, 0.3) is 5.57 Å². The third-order valence-electron chi connectivity index (χ3n) is 6.28. The fraction of sp³-hybridized carbons (Fsp3) is 0.320. The largest absolute Gasteiger partial charge is 0.490 e. The van der Waals surface area contributed by atoms with Gasteiger partial charge in [0.25, 0.3) is 0 Å². The Hall–Kier alpha value is -3.79. The van der Waals surface area contributed by atoms with Crippen LogP contribution in [0.2, 0.25) is 5.02 Å². The molecule has 0 radical (unpaired) electrons. The van der Waals surface area contributed by atoms with Gasteiger partial charge in [-0.25, -0.2) is 14.0 Å². The minimum atomic E-state index is -1.22. The lowest BCUT2D eigenvalue weighted by Gasteiger charge is -2.49. The fourth-order valence-electron chi connectivity index (χ4n) is 4.66. The van der Waals surface area contributed by atoms with E-state index in [0.29, 0.717) is 16.9 Å². The van der Waals surface area contributed by atoms with E-state index in [0.717, 1.165) is 4.90 Å². The number of hydrogen-bond acceptors (Lipinski definition) is 5. The van der Waals surface area contributed by atoms with Crippen molar-refractivity contribution in [3.05, 3.63) is 64.4 Å². The maximum atomic E-state index is 13.5. The average molecular weight is 519 g/mol. The van der Waals surface area contributed by atoms with Crippen LogP contribution in [-0.4, -0.2) is 76.4 Å². The minimum absolute atomic E-state index is 0.0141. The number of fused-ring (bicyclic) bond motifs is 2. The second-order valence-corrected chi connectivity index (χ2v) is 8.84. The number of aliphatic carboxylic acids is 1. The van der Waals surface area contributed by atoms with Crippen molar-refractivity contribution < 1.29 is 38.5 Å². The van der Waals surface area contributed by atoms with Gasteiger partial charge in [0.05, 0.1) is 17.7 Å². The van der Waals surface area contributed by atoms with Crippen LogP contribution in [0, 0.1) is 5.82 Å². The first-order valence-corrected chi connectivity index (χ1v) is 11.6. The lowest BCUT2D eigenvalue weighted by atomic mass is 9.82. The number of halogens is 2. The lowest BCUT2D eigenvalue weighted by molar-refractivity contribution is -0.137. The molecule has 36 heavy (non-hydrogen) atoms. The van der Waals surface area contributed by atoms with Crippen molar-refractivity contribution in [2.24, 2.45) is 0 Å². The van der Waals surface area contributed by atoms with Crippen molar-refractivity contribution >= 4 is 35.1 Å². The number of hydrogen-bond donors (Lipinski definition) is 2. The summed E-state index contributed by atoms with van der Waals surface area (Å²) in [5.41, 5.74) is 1.14. The SMILES string of the molecule is CC(=O)N1CC2CC(c3ccc(OCCOc4cccc(F)c4Cl)cc3)=C(C(=O)O)C(C1)N2C(=O)O. The molecule has 4 rings (SSSR count). The Labute approximate surface area is 211 Å². The highest BCUT2D eigenvalue weighted by molar-refractivity contribution is 6.32. The molecule has 190 valence electrons. The van der Waals surface area contributed by atoms with Gasteiger partial charge in [-0.05, 0) is 41.8 Å². The molecule has 2 heterocycles. The molecule has 2 N–H and O–H groups in total. The number of carbonyl (C=O) groups excluding carboxylic acids is 1. The summed E-state index contributed by atoms with van der Waals surface area (Å²) in [5, 5.41) is 19.6. The van der Waals surface area contributed by atoms with Gasteiger partial charge in [-0.1, -0.05) is 29.8 Å². The Kier molecular flexibility index (Phi) is 7.35. The van der Waals surface area contributed by atoms with E-state index in [1.807, 2.05) is 0 Å². The first-order valence-electron chi connectivity index (χ1n) is 11.2. The van der Waals surface area contributed by atoms with Crippen LogP contribution < -0.4 is 9.47 Å². The molecule has 11 heteroatoms. The Morgan fingerprint density at radius 3 is 2.39 bits per heavy atom. The van der Waals surface area contributed by atoms with Gasteiger partial charge < -0.3 is 24.6 Å². The fourth-order valence-corrected chi connectivity index (χ4v) is 4.84. The van der Waals surface area contributed by atoms with E-state index in [1.165, 1.54) is 24.0 Å². The van der Waals surface area contributed by atoms with Gasteiger partial charge in [-0.3, -0.25) is 9.69 Å². The van der Waals surface area contributed by atoms with Crippen LogP contribution in [0.5, 0.6) is 11.5 Å². The molecule has 2 unspecified atom stereocenters. The van der Waals surface area contributed by atoms with E-state index in [9.17, 15) is 29.0 Å². The smallest absolute Gasteiger partial charge is 0.408 e. The van der Waals surface area contributed by atoms with Crippen molar-refractivity contribution in [2.45, 2.75) is 25.4 Å². The predicted octanol–water partition coefficient (Wildman–Crippen LogP) is 3.76. The second-order valence-electron chi connectivity index (χ2n) is 8.46. The highest BCUT2D eigenvalue weighted by Gasteiger charge is 2.47. The topological polar surface area (TPSA) is 117 Å². The zero-order valence-electron chi connectivity index (χ0n) is 19.3. The molecule has 0 spiro atoms. The van der Waals surface area contributed by atoms with Gasteiger partial charge in [-0.15, -0.1) is 0 Å². The monoisotopic (exact) mass is 518 g/mol. The third kappa shape index (κ3) is 5.08. The van der Waals surface area contributed by atoms with E-state index >= 15 is 0 Å². The first kappa shape index (κ1) is 25.3. The molecular formula is C25H24ClFN2O7. The number of carboxylic acids is 1. The van der Waals surface area contributed by atoms with E-state index < -0.39 is 30.0 Å². The number of benzene rings is 2. The number of nitrogens with zero attached hydrogens (tertiary/aromatic N) is 2. The molecule has 1 saturated heterocycles. The molecular weight excluding hydrogens is 495 g/mol. The Morgan fingerprint density at radius 2 is 1.75 bits per heavy atom. The summed E-state index contributed by atoms with van der Waals surface area (Å²) in [6.45, 7) is 1.85. The molecule has 2 aliphatic rings. The van der Waals surface area contributed by atoms with Gasteiger partial charge in [0.1, 0.15) is 35.6 Å². The zero-order valence-corrected chi connectivity index (χ0v) is 20.1. The van der Waals surface area contributed by atoms with E-state index in [-0.39, 0.29) is 55.0 Å². The number of amides is 2. The quantitative estimate of drug-likeness (QED) is 0.536. The molecule has 2 aromatic rings. The first-order chi connectivity index (χ1) is 17.2. The molecule has 2 aliphatic heterocycles. The summed E-state index contributed by atoms with van der Waals surface area (Å²) < 4.78 is 24.6. The van der Waals surface area contributed by atoms with Crippen molar-refractivity contribution in [1.29, 1.82) is 0 Å². The minimum Gasteiger partial charge on any atom is -0.490 e. The lowest BCUT2D eigenvalue weighted by Crippen LogP contribution is -2.64. The second kappa shape index (κ2) is 10.4. The molecule has 2 aromatic carbocycles. The highest BCUT2D eigenvalue weighted by atomic mass is 35.5. The number of rotatable bonds is 7. The predicted molar refractivity (Wildman–Crippen MR) is 128 cm³/mol. The summed E-state index contributed by atoms with van der Waals surface area (Å²) in [5.74, 6) is -1.30. The van der Waals surface area contributed by atoms with Crippen LogP contribution in [0.15, 0.2) is 48.0 Å². The Bertz CT molecular complexity index is 1220. The van der Waals surface area contributed by atoms with Crippen molar-refractivity contribution in [3.63, 3.8) is 0 Å².